The third-order valence-corrected chi connectivity index (χ3v) is 7.97. The van der Waals surface area contributed by atoms with E-state index in [2.05, 4.69) is 54.8 Å². The second-order valence-corrected chi connectivity index (χ2v) is 10.5. The minimum atomic E-state index is 0.590. The van der Waals surface area contributed by atoms with Gasteiger partial charge in [0.05, 0.1) is 0 Å². The molecule has 0 aliphatic carbocycles. The van der Waals surface area contributed by atoms with Gasteiger partial charge in [-0.25, -0.2) is 9.97 Å². The summed E-state index contributed by atoms with van der Waals surface area (Å²) in [5.41, 5.74) is 1.35. The predicted octanol–water partition coefficient (Wildman–Crippen LogP) is 4.54. The van der Waals surface area contributed by atoms with Gasteiger partial charge < -0.3 is 9.80 Å². The SMILES string of the molecule is CCC(C)CCCN1CCCC(c2cnc(N3C4CCC3CN(C(C)C)C4)nc2)C1. The van der Waals surface area contributed by atoms with Crippen molar-refractivity contribution < 1.29 is 0 Å². The first kappa shape index (κ1) is 22.0. The topological polar surface area (TPSA) is 35.5 Å². The van der Waals surface area contributed by atoms with Crippen molar-refractivity contribution in [1.82, 2.24) is 19.8 Å². The van der Waals surface area contributed by atoms with Gasteiger partial charge in [0.2, 0.25) is 5.95 Å². The Hall–Kier alpha value is -1.20. The zero-order valence-corrected chi connectivity index (χ0v) is 19.8. The van der Waals surface area contributed by atoms with Crippen LogP contribution < -0.4 is 4.90 Å². The fourth-order valence-electron chi connectivity index (χ4n) is 5.76. The second-order valence-electron chi connectivity index (χ2n) is 10.5. The summed E-state index contributed by atoms with van der Waals surface area (Å²) in [6, 6.07) is 1.82. The molecule has 0 radical (unpaired) electrons. The first-order chi connectivity index (χ1) is 14.5. The van der Waals surface area contributed by atoms with E-state index in [0.29, 0.717) is 24.0 Å². The normalized spacial score (nSPS) is 29.0. The Labute approximate surface area is 184 Å². The molecule has 3 saturated heterocycles. The lowest BCUT2D eigenvalue weighted by molar-refractivity contribution is 0.176. The Morgan fingerprint density at radius 1 is 1.00 bits per heavy atom. The number of hydrogen-bond acceptors (Lipinski definition) is 5. The predicted molar refractivity (Wildman–Crippen MR) is 125 cm³/mol. The lowest BCUT2D eigenvalue weighted by Gasteiger charge is -2.42. The standard InChI is InChI=1S/C25H43N5/c1-5-20(4)8-6-12-28-13-7-9-21(16-28)22-14-26-25(27-15-22)30-23-10-11-24(30)18-29(17-23)19(2)3/h14-15,19-21,23-24H,5-13,16-18H2,1-4H3. The van der Waals surface area contributed by atoms with Crippen LogP contribution in [0.15, 0.2) is 12.4 Å². The van der Waals surface area contributed by atoms with Crippen molar-refractivity contribution in [2.75, 3.05) is 37.6 Å². The van der Waals surface area contributed by atoms with Crippen LogP contribution in [0.1, 0.15) is 84.1 Å². The number of fused-ring (bicyclic) bond motifs is 2. The average molecular weight is 414 g/mol. The molecule has 1 aromatic heterocycles. The molecule has 5 nitrogen and oxygen atoms in total. The van der Waals surface area contributed by atoms with E-state index in [4.69, 9.17) is 9.97 Å². The first-order valence-corrected chi connectivity index (χ1v) is 12.6. The number of likely N-dealkylation sites (tertiary alicyclic amines) is 2. The van der Waals surface area contributed by atoms with Crippen LogP contribution >= 0.6 is 0 Å². The van der Waals surface area contributed by atoms with Crippen LogP contribution in [0.25, 0.3) is 0 Å². The highest BCUT2D eigenvalue weighted by atomic mass is 15.4. The Morgan fingerprint density at radius 2 is 1.70 bits per heavy atom. The van der Waals surface area contributed by atoms with Gasteiger partial charge in [-0.15, -0.1) is 0 Å². The number of piperazine rings is 1. The van der Waals surface area contributed by atoms with Crippen LogP contribution in [0, 0.1) is 5.92 Å². The van der Waals surface area contributed by atoms with Crippen molar-refractivity contribution in [2.24, 2.45) is 5.92 Å². The molecule has 0 N–H and O–H groups in total. The number of hydrogen-bond donors (Lipinski definition) is 0. The highest BCUT2D eigenvalue weighted by molar-refractivity contribution is 5.38. The van der Waals surface area contributed by atoms with Gasteiger partial charge in [-0.2, -0.15) is 0 Å². The molecule has 3 aliphatic rings. The second kappa shape index (κ2) is 9.95. The zero-order chi connectivity index (χ0) is 21.1. The lowest BCUT2D eigenvalue weighted by atomic mass is 9.92. The van der Waals surface area contributed by atoms with E-state index in [1.165, 1.54) is 70.1 Å². The zero-order valence-electron chi connectivity index (χ0n) is 19.8. The van der Waals surface area contributed by atoms with Crippen molar-refractivity contribution in [1.29, 1.82) is 0 Å². The summed E-state index contributed by atoms with van der Waals surface area (Å²) in [6.07, 6.45) is 13.4. The molecule has 4 unspecified atom stereocenters. The molecular formula is C25H43N5. The van der Waals surface area contributed by atoms with Gasteiger partial charge in [0.25, 0.3) is 0 Å². The maximum atomic E-state index is 4.89. The maximum Gasteiger partial charge on any atom is 0.225 e. The fraction of sp³-hybridized carbons (Fsp3) is 0.840. The van der Waals surface area contributed by atoms with E-state index < -0.39 is 0 Å². The number of anilines is 1. The van der Waals surface area contributed by atoms with Crippen LogP contribution in [0.4, 0.5) is 5.95 Å². The number of rotatable bonds is 8. The molecule has 168 valence electrons. The Kier molecular flexibility index (Phi) is 7.30. The molecule has 4 atom stereocenters. The Morgan fingerprint density at radius 3 is 2.33 bits per heavy atom. The largest absolute Gasteiger partial charge is 0.332 e. The molecule has 4 rings (SSSR count). The molecule has 30 heavy (non-hydrogen) atoms. The van der Waals surface area contributed by atoms with Crippen molar-refractivity contribution in [3.05, 3.63) is 18.0 Å². The van der Waals surface area contributed by atoms with Gasteiger partial charge >= 0.3 is 0 Å². The first-order valence-electron chi connectivity index (χ1n) is 12.6. The molecule has 2 bridgehead atoms. The number of nitrogens with zero attached hydrogens (tertiary/aromatic N) is 5. The highest BCUT2D eigenvalue weighted by Crippen LogP contribution is 2.34. The van der Waals surface area contributed by atoms with Gasteiger partial charge in [0.1, 0.15) is 0 Å². The summed E-state index contributed by atoms with van der Waals surface area (Å²) in [5.74, 6) is 2.44. The van der Waals surface area contributed by atoms with Gasteiger partial charge in [0, 0.05) is 50.2 Å². The summed E-state index contributed by atoms with van der Waals surface area (Å²) >= 11 is 0. The fourth-order valence-corrected chi connectivity index (χ4v) is 5.76. The molecule has 5 heteroatoms. The van der Waals surface area contributed by atoms with Crippen molar-refractivity contribution in [2.45, 2.75) is 96.7 Å². The van der Waals surface area contributed by atoms with Crippen LogP contribution in [0.2, 0.25) is 0 Å². The third kappa shape index (κ3) is 4.99. The third-order valence-electron chi connectivity index (χ3n) is 7.97. The van der Waals surface area contributed by atoms with E-state index in [9.17, 15) is 0 Å². The van der Waals surface area contributed by atoms with E-state index in [1.807, 2.05) is 0 Å². The van der Waals surface area contributed by atoms with Gasteiger partial charge in [-0.1, -0.05) is 20.3 Å². The summed E-state index contributed by atoms with van der Waals surface area (Å²) in [4.78, 5) is 17.6. The Bertz CT molecular complexity index is 646. The van der Waals surface area contributed by atoms with E-state index in [-0.39, 0.29) is 0 Å². The average Bonchev–Trinajstić information content (AvgIpc) is 3.02. The van der Waals surface area contributed by atoms with Crippen LogP contribution in [-0.4, -0.2) is 70.6 Å². The van der Waals surface area contributed by atoms with Crippen LogP contribution in [-0.2, 0) is 0 Å². The molecule has 0 aromatic carbocycles. The summed E-state index contributed by atoms with van der Waals surface area (Å²) in [5, 5.41) is 0. The number of aromatic nitrogens is 2. The van der Waals surface area contributed by atoms with Crippen molar-refractivity contribution in [3.8, 4) is 0 Å². The number of piperidine rings is 1. The summed E-state index contributed by atoms with van der Waals surface area (Å²) in [7, 11) is 0. The Balaban J connectivity index is 1.34. The van der Waals surface area contributed by atoms with E-state index in [0.717, 1.165) is 25.0 Å². The minimum Gasteiger partial charge on any atom is -0.332 e. The molecule has 3 fully saturated rings. The summed E-state index contributed by atoms with van der Waals surface area (Å²) in [6.45, 7) is 15.3. The van der Waals surface area contributed by atoms with Gasteiger partial charge in [0.15, 0.2) is 0 Å². The molecule has 0 spiro atoms. The molecule has 0 amide bonds. The van der Waals surface area contributed by atoms with Gasteiger partial charge in [-0.3, -0.25) is 4.90 Å². The summed E-state index contributed by atoms with van der Waals surface area (Å²) < 4.78 is 0. The smallest absolute Gasteiger partial charge is 0.225 e. The molecule has 0 saturated carbocycles. The molecule has 1 aromatic rings. The maximum absolute atomic E-state index is 4.89. The van der Waals surface area contributed by atoms with Crippen LogP contribution in [0.3, 0.4) is 0 Å². The lowest BCUT2D eigenvalue weighted by Crippen LogP contribution is -2.56. The highest BCUT2D eigenvalue weighted by Gasteiger charge is 2.41. The minimum absolute atomic E-state index is 0.590. The monoisotopic (exact) mass is 413 g/mol. The molecular weight excluding hydrogens is 370 g/mol. The molecule has 4 heterocycles. The quantitative estimate of drug-likeness (QED) is 0.625. The van der Waals surface area contributed by atoms with E-state index in [1.54, 1.807) is 0 Å². The molecule has 3 aliphatic heterocycles. The van der Waals surface area contributed by atoms with Crippen LogP contribution in [0.5, 0.6) is 0 Å². The van der Waals surface area contributed by atoms with E-state index >= 15 is 0 Å². The van der Waals surface area contributed by atoms with Crippen molar-refractivity contribution >= 4 is 5.95 Å². The van der Waals surface area contributed by atoms with Gasteiger partial charge in [-0.05, 0) is 82.9 Å². The van der Waals surface area contributed by atoms with Crippen molar-refractivity contribution in [3.63, 3.8) is 0 Å².